The number of ether oxygens (including phenoxy) is 1. The largest absolute Gasteiger partial charge is 0.490 e. The third-order valence-electron chi connectivity index (χ3n) is 4.24. The van der Waals surface area contributed by atoms with Crippen LogP contribution in [0, 0.1) is 12.8 Å². The van der Waals surface area contributed by atoms with Crippen molar-refractivity contribution in [3.8, 4) is 5.75 Å². The van der Waals surface area contributed by atoms with Gasteiger partial charge in [-0.15, -0.1) is 24.0 Å². The summed E-state index contributed by atoms with van der Waals surface area (Å²) in [6, 6.07) is 6.31. The summed E-state index contributed by atoms with van der Waals surface area (Å²) in [5.41, 5.74) is 2.30. The van der Waals surface area contributed by atoms with E-state index in [-0.39, 0.29) is 30.1 Å². The highest BCUT2D eigenvalue weighted by Crippen LogP contribution is 2.23. The van der Waals surface area contributed by atoms with Crippen molar-refractivity contribution in [3.05, 3.63) is 41.5 Å². The van der Waals surface area contributed by atoms with Crippen LogP contribution in [0.25, 0.3) is 0 Å². The van der Waals surface area contributed by atoms with Gasteiger partial charge in [0, 0.05) is 26.2 Å². The van der Waals surface area contributed by atoms with Crippen LogP contribution in [0.1, 0.15) is 44.1 Å². The molecule has 1 aromatic heterocycles. The average Bonchev–Trinajstić information content (AvgIpc) is 3.01. The molecule has 2 rings (SSSR count). The van der Waals surface area contributed by atoms with E-state index in [2.05, 4.69) is 71.6 Å². The minimum Gasteiger partial charge on any atom is -0.490 e. The van der Waals surface area contributed by atoms with E-state index in [0.717, 1.165) is 23.6 Å². The highest BCUT2D eigenvalue weighted by molar-refractivity contribution is 14.0. The topological polar surface area (TPSA) is 76.4 Å². The number of halogens is 1. The van der Waals surface area contributed by atoms with Crippen molar-refractivity contribution < 1.29 is 4.74 Å². The molecule has 0 aliphatic carbocycles. The summed E-state index contributed by atoms with van der Waals surface area (Å²) >= 11 is 0. The molecular weight excluding hydrogens is 467 g/mol. The van der Waals surface area contributed by atoms with Crippen molar-refractivity contribution in [3.63, 3.8) is 0 Å². The van der Waals surface area contributed by atoms with Crippen molar-refractivity contribution in [2.45, 2.75) is 53.3 Å². The highest BCUT2D eigenvalue weighted by atomic mass is 127. The van der Waals surface area contributed by atoms with E-state index in [1.54, 1.807) is 18.1 Å². The molecule has 1 heterocycles. The van der Waals surface area contributed by atoms with Crippen LogP contribution in [0.2, 0.25) is 0 Å². The smallest absolute Gasteiger partial charge is 0.191 e. The SMILES string of the molecule is CN=C(NCc1ccc(C)cc1OC(C)CC(C)C)NCc1ncnn1C.I. The van der Waals surface area contributed by atoms with Gasteiger partial charge in [-0.05, 0) is 37.8 Å². The van der Waals surface area contributed by atoms with E-state index in [4.69, 9.17) is 4.74 Å². The zero-order valence-electron chi connectivity index (χ0n) is 17.7. The predicted molar refractivity (Wildman–Crippen MR) is 124 cm³/mol. The summed E-state index contributed by atoms with van der Waals surface area (Å²) in [6.07, 6.45) is 2.75. The lowest BCUT2D eigenvalue weighted by Gasteiger charge is -2.20. The second-order valence-corrected chi connectivity index (χ2v) is 7.25. The van der Waals surface area contributed by atoms with E-state index in [0.29, 0.717) is 25.0 Å². The average molecular weight is 500 g/mol. The van der Waals surface area contributed by atoms with E-state index < -0.39 is 0 Å². The fourth-order valence-electron chi connectivity index (χ4n) is 2.89. The summed E-state index contributed by atoms with van der Waals surface area (Å²) < 4.78 is 7.95. The van der Waals surface area contributed by atoms with Crippen molar-refractivity contribution in [2.24, 2.45) is 18.0 Å². The first-order valence-electron chi connectivity index (χ1n) is 9.42. The fourth-order valence-corrected chi connectivity index (χ4v) is 2.89. The van der Waals surface area contributed by atoms with Gasteiger partial charge < -0.3 is 15.4 Å². The third kappa shape index (κ3) is 7.65. The highest BCUT2D eigenvalue weighted by Gasteiger charge is 2.11. The van der Waals surface area contributed by atoms with Crippen LogP contribution in [0.4, 0.5) is 0 Å². The minimum atomic E-state index is 0. The van der Waals surface area contributed by atoms with Gasteiger partial charge in [-0.25, -0.2) is 4.98 Å². The molecule has 156 valence electrons. The molecule has 2 aromatic rings. The molecule has 2 N–H and O–H groups in total. The molecule has 0 fully saturated rings. The van der Waals surface area contributed by atoms with Gasteiger partial charge in [-0.3, -0.25) is 9.67 Å². The first-order valence-corrected chi connectivity index (χ1v) is 9.42. The van der Waals surface area contributed by atoms with Crippen molar-refractivity contribution in [1.82, 2.24) is 25.4 Å². The maximum Gasteiger partial charge on any atom is 0.191 e. The van der Waals surface area contributed by atoms with Crippen molar-refractivity contribution in [1.29, 1.82) is 0 Å². The number of hydrogen-bond acceptors (Lipinski definition) is 4. The summed E-state index contributed by atoms with van der Waals surface area (Å²) in [5, 5.41) is 10.7. The molecule has 1 atom stereocenters. The quantitative estimate of drug-likeness (QED) is 0.330. The fraction of sp³-hybridized carbons (Fsp3) is 0.550. The van der Waals surface area contributed by atoms with E-state index in [1.165, 1.54) is 5.56 Å². The molecule has 0 bridgehead atoms. The lowest BCUT2D eigenvalue weighted by atomic mass is 10.1. The summed E-state index contributed by atoms with van der Waals surface area (Å²) in [5.74, 6) is 3.09. The monoisotopic (exact) mass is 500 g/mol. The normalized spacial score (nSPS) is 12.5. The number of rotatable bonds is 8. The molecule has 0 spiro atoms. The van der Waals surface area contributed by atoms with E-state index in [9.17, 15) is 0 Å². The first kappa shape index (κ1) is 24.2. The van der Waals surface area contributed by atoms with Gasteiger partial charge in [0.25, 0.3) is 0 Å². The van der Waals surface area contributed by atoms with Gasteiger partial charge in [-0.2, -0.15) is 5.10 Å². The number of benzene rings is 1. The Hall–Kier alpha value is -1.84. The zero-order valence-corrected chi connectivity index (χ0v) is 20.0. The number of nitrogens with one attached hydrogen (secondary N) is 2. The molecule has 0 amide bonds. The van der Waals surface area contributed by atoms with Crippen LogP contribution in [-0.2, 0) is 20.1 Å². The molecule has 8 heteroatoms. The Morgan fingerprint density at radius 3 is 2.54 bits per heavy atom. The molecule has 0 radical (unpaired) electrons. The number of aromatic nitrogens is 3. The van der Waals surface area contributed by atoms with Gasteiger partial charge in [0.15, 0.2) is 5.96 Å². The lowest BCUT2D eigenvalue weighted by molar-refractivity contribution is 0.191. The number of guanidine groups is 1. The van der Waals surface area contributed by atoms with Crippen LogP contribution < -0.4 is 15.4 Å². The zero-order chi connectivity index (χ0) is 19.8. The Morgan fingerprint density at radius 1 is 1.21 bits per heavy atom. The lowest BCUT2D eigenvalue weighted by Crippen LogP contribution is -2.37. The molecule has 28 heavy (non-hydrogen) atoms. The second kappa shape index (κ2) is 11.9. The molecule has 1 aromatic carbocycles. The number of nitrogens with zero attached hydrogens (tertiary/aromatic N) is 4. The molecule has 0 saturated heterocycles. The van der Waals surface area contributed by atoms with Gasteiger partial charge in [0.2, 0.25) is 0 Å². The van der Waals surface area contributed by atoms with Crippen LogP contribution in [0.15, 0.2) is 29.5 Å². The van der Waals surface area contributed by atoms with E-state index in [1.807, 2.05) is 7.05 Å². The molecule has 1 unspecified atom stereocenters. The van der Waals surface area contributed by atoms with Crippen molar-refractivity contribution in [2.75, 3.05) is 7.05 Å². The van der Waals surface area contributed by atoms with Crippen molar-refractivity contribution >= 4 is 29.9 Å². The molecular formula is C20H33IN6O. The van der Waals surface area contributed by atoms with Gasteiger partial charge in [0.1, 0.15) is 17.9 Å². The van der Waals surface area contributed by atoms with Crippen LogP contribution >= 0.6 is 24.0 Å². The Labute approximate surface area is 185 Å². The summed E-state index contributed by atoms with van der Waals surface area (Å²) in [7, 11) is 3.62. The summed E-state index contributed by atoms with van der Waals surface area (Å²) in [6.45, 7) is 9.82. The maximum atomic E-state index is 6.22. The Morgan fingerprint density at radius 2 is 1.93 bits per heavy atom. The third-order valence-corrected chi connectivity index (χ3v) is 4.24. The Balaban J connectivity index is 0.00000392. The Kier molecular flexibility index (Phi) is 10.3. The summed E-state index contributed by atoms with van der Waals surface area (Å²) in [4.78, 5) is 8.48. The number of aryl methyl sites for hydroxylation is 2. The standard InChI is InChI=1S/C20H32N6O.HI/c1-14(2)9-16(4)27-18-10-15(3)7-8-17(18)11-22-20(21-5)23-12-19-24-13-25-26(19)6;/h7-8,10,13-14,16H,9,11-12H2,1-6H3,(H2,21,22,23);1H. The second-order valence-electron chi connectivity index (χ2n) is 7.25. The predicted octanol–water partition coefficient (Wildman–Crippen LogP) is 3.42. The number of hydrogen-bond donors (Lipinski definition) is 2. The Bertz CT molecular complexity index is 759. The van der Waals surface area contributed by atoms with E-state index >= 15 is 0 Å². The van der Waals surface area contributed by atoms with Gasteiger partial charge in [0.05, 0.1) is 12.6 Å². The number of aliphatic imine (C=N–C) groups is 1. The maximum absolute atomic E-state index is 6.22. The molecule has 0 saturated carbocycles. The van der Waals surface area contributed by atoms with Crippen LogP contribution in [-0.4, -0.2) is 33.9 Å². The first-order chi connectivity index (χ1) is 12.9. The minimum absolute atomic E-state index is 0. The molecule has 0 aliphatic rings. The van der Waals surface area contributed by atoms with Gasteiger partial charge in [-0.1, -0.05) is 26.0 Å². The molecule has 7 nitrogen and oxygen atoms in total. The van der Waals surface area contributed by atoms with Gasteiger partial charge >= 0.3 is 0 Å². The molecule has 0 aliphatic heterocycles. The van der Waals surface area contributed by atoms with Crippen LogP contribution in [0.5, 0.6) is 5.75 Å². The van der Waals surface area contributed by atoms with Crippen LogP contribution in [0.3, 0.4) is 0 Å².